The largest absolute Gasteiger partial charge is 0.490 e. The molecule has 0 unspecified atom stereocenters. The maximum Gasteiger partial charge on any atom is 0.336 e. The summed E-state index contributed by atoms with van der Waals surface area (Å²) < 4.78 is 5.28. The highest BCUT2D eigenvalue weighted by Crippen LogP contribution is 2.30. The average molecular weight is 249 g/mol. The van der Waals surface area contributed by atoms with Crippen LogP contribution in [0, 0.1) is 6.92 Å². The molecule has 0 atom stereocenters. The highest BCUT2D eigenvalue weighted by atomic mass is 35.5. The zero-order valence-corrected chi connectivity index (χ0v) is 9.60. The first kappa shape index (κ1) is 12.1. The Labute approximate surface area is 97.6 Å². The minimum atomic E-state index is -1.00. The van der Waals surface area contributed by atoms with Crippen LogP contribution in [0.4, 0.5) is 0 Å². The van der Waals surface area contributed by atoms with E-state index in [1.54, 1.807) is 6.92 Å². The number of carboxylic acids is 1. The van der Waals surface area contributed by atoms with Crippen LogP contribution in [0.1, 0.15) is 15.9 Å². The van der Waals surface area contributed by atoms with E-state index in [1.165, 1.54) is 12.1 Å². The molecule has 0 heterocycles. The smallest absolute Gasteiger partial charge is 0.336 e. The maximum atomic E-state index is 10.8. The summed E-state index contributed by atoms with van der Waals surface area (Å²) >= 11 is 11.4. The summed E-state index contributed by atoms with van der Waals surface area (Å²) in [4.78, 5) is 10.8. The summed E-state index contributed by atoms with van der Waals surface area (Å²) in [6.07, 6.45) is 0. The second-order valence-electron chi connectivity index (χ2n) is 2.89. The second-order valence-corrected chi connectivity index (χ2v) is 3.68. The number of ether oxygens (including phenoxy) is 1. The Morgan fingerprint density at radius 3 is 2.73 bits per heavy atom. The SMILES string of the molecule is Cc1c(C(=O)O)ccc(Cl)c1OCCCl. The molecule has 0 aliphatic heterocycles. The molecule has 0 bridgehead atoms. The van der Waals surface area contributed by atoms with Crippen molar-refractivity contribution in [3.63, 3.8) is 0 Å². The van der Waals surface area contributed by atoms with Crippen LogP contribution in [0.5, 0.6) is 5.75 Å². The summed E-state index contributed by atoms with van der Waals surface area (Å²) in [5.41, 5.74) is 0.698. The van der Waals surface area contributed by atoms with Crippen LogP contribution in [0.25, 0.3) is 0 Å². The Kier molecular flexibility index (Phi) is 4.24. The lowest BCUT2D eigenvalue weighted by atomic mass is 10.1. The van der Waals surface area contributed by atoms with Crippen molar-refractivity contribution in [1.82, 2.24) is 0 Å². The first-order valence-corrected chi connectivity index (χ1v) is 5.20. The molecule has 1 aromatic rings. The first-order chi connectivity index (χ1) is 7.07. The summed E-state index contributed by atoms with van der Waals surface area (Å²) in [7, 11) is 0. The minimum Gasteiger partial charge on any atom is -0.490 e. The first-order valence-electron chi connectivity index (χ1n) is 4.29. The monoisotopic (exact) mass is 248 g/mol. The predicted octanol–water partition coefficient (Wildman–Crippen LogP) is 2.96. The van der Waals surface area contributed by atoms with Gasteiger partial charge in [-0.2, -0.15) is 0 Å². The van der Waals surface area contributed by atoms with E-state index in [0.717, 1.165) is 0 Å². The van der Waals surface area contributed by atoms with Crippen molar-refractivity contribution >= 4 is 29.2 Å². The molecule has 0 radical (unpaired) electrons. The number of halogens is 2. The molecule has 1 N–H and O–H groups in total. The third kappa shape index (κ3) is 2.76. The Morgan fingerprint density at radius 1 is 1.53 bits per heavy atom. The van der Waals surface area contributed by atoms with Crippen molar-refractivity contribution in [1.29, 1.82) is 0 Å². The fraction of sp³-hybridized carbons (Fsp3) is 0.300. The van der Waals surface area contributed by atoms with Gasteiger partial charge in [0.05, 0.1) is 16.5 Å². The zero-order valence-electron chi connectivity index (χ0n) is 8.09. The number of rotatable bonds is 4. The Bertz CT molecular complexity index is 377. The number of carbonyl (C=O) groups is 1. The Hall–Kier alpha value is -0.930. The zero-order chi connectivity index (χ0) is 11.4. The molecule has 0 aliphatic carbocycles. The molecule has 5 heteroatoms. The van der Waals surface area contributed by atoms with Gasteiger partial charge in [-0.1, -0.05) is 11.6 Å². The van der Waals surface area contributed by atoms with Gasteiger partial charge in [0.15, 0.2) is 0 Å². The van der Waals surface area contributed by atoms with Gasteiger partial charge >= 0.3 is 5.97 Å². The van der Waals surface area contributed by atoms with Crippen LogP contribution in [0.3, 0.4) is 0 Å². The number of aromatic carboxylic acids is 1. The molecular formula is C10H10Cl2O3. The predicted molar refractivity (Wildman–Crippen MR) is 59.4 cm³/mol. The van der Waals surface area contributed by atoms with Gasteiger partial charge in [0, 0.05) is 5.56 Å². The van der Waals surface area contributed by atoms with Crippen LogP contribution >= 0.6 is 23.2 Å². The lowest BCUT2D eigenvalue weighted by Gasteiger charge is -2.11. The normalized spacial score (nSPS) is 10.1. The maximum absolute atomic E-state index is 10.8. The van der Waals surface area contributed by atoms with Crippen molar-refractivity contribution in [3.05, 3.63) is 28.3 Å². The number of hydrogen-bond acceptors (Lipinski definition) is 2. The molecule has 0 saturated heterocycles. The van der Waals surface area contributed by atoms with Gasteiger partial charge < -0.3 is 9.84 Å². The molecule has 0 fully saturated rings. The topological polar surface area (TPSA) is 46.5 Å². The lowest BCUT2D eigenvalue weighted by molar-refractivity contribution is 0.0695. The van der Waals surface area contributed by atoms with E-state index in [-0.39, 0.29) is 5.56 Å². The number of carboxylic acid groups (broad SMARTS) is 1. The van der Waals surface area contributed by atoms with Crippen molar-refractivity contribution < 1.29 is 14.6 Å². The Morgan fingerprint density at radius 2 is 2.20 bits per heavy atom. The molecule has 0 aliphatic rings. The van der Waals surface area contributed by atoms with Crippen LogP contribution in [-0.2, 0) is 0 Å². The molecule has 0 saturated carbocycles. The van der Waals surface area contributed by atoms with E-state index in [9.17, 15) is 4.79 Å². The summed E-state index contributed by atoms with van der Waals surface area (Å²) in [6.45, 7) is 1.95. The van der Waals surface area contributed by atoms with Gasteiger partial charge in [0.25, 0.3) is 0 Å². The van der Waals surface area contributed by atoms with Gasteiger partial charge in [-0.3, -0.25) is 0 Å². The summed E-state index contributed by atoms with van der Waals surface area (Å²) in [5.74, 6) is -0.287. The van der Waals surface area contributed by atoms with Crippen LogP contribution in [-0.4, -0.2) is 23.6 Å². The number of hydrogen-bond donors (Lipinski definition) is 1. The summed E-state index contributed by atoms with van der Waals surface area (Å²) in [5, 5.41) is 9.27. The highest BCUT2D eigenvalue weighted by molar-refractivity contribution is 6.32. The number of benzene rings is 1. The third-order valence-corrected chi connectivity index (χ3v) is 2.36. The van der Waals surface area contributed by atoms with Crippen molar-refractivity contribution in [2.75, 3.05) is 12.5 Å². The van der Waals surface area contributed by atoms with E-state index in [4.69, 9.17) is 33.0 Å². The van der Waals surface area contributed by atoms with Crippen LogP contribution < -0.4 is 4.74 Å². The van der Waals surface area contributed by atoms with Gasteiger partial charge in [-0.25, -0.2) is 4.79 Å². The molecule has 3 nitrogen and oxygen atoms in total. The highest BCUT2D eigenvalue weighted by Gasteiger charge is 2.14. The van der Waals surface area contributed by atoms with Gasteiger partial charge in [0.1, 0.15) is 12.4 Å². The van der Waals surface area contributed by atoms with E-state index >= 15 is 0 Å². The quantitative estimate of drug-likeness (QED) is 0.834. The van der Waals surface area contributed by atoms with E-state index in [1.807, 2.05) is 0 Å². The Balaban J connectivity index is 3.12. The van der Waals surface area contributed by atoms with Gasteiger partial charge in [-0.05, 0) is 19.1 Å². The van der Waals surface area contributed by atoms with Crippen molar-refractivity contribution in [2.45, 2.75) is 6.92 Å². The van der Waals surface area contributed by atoms with E-state index in [0.29, 0.717) is 28.8 Å². The average Bonchev–Trinajstić information content (AvgIpc) is 2.17. The summed E-state index contributed by atoms with van der Waals surface area (Å²) in [6, 6.07) is 2.95. The van der Waals surface area contributed by atoms with Gasteiger partial charge in [-0.15, -0.1) is 11.6 Å². The van der Waals surface area contributed by atoms with Gasteiger partial charge in [0.2, 0.25) is 0 Å². The minimum absolute atomic E-state index is 0.184. The fourth-order valence-corrected chi connectivity index (χ4v) is 1.54. The third-order valence-electron chi connectivity index (χ3n) is 1.91. The fourth-order valence-electron chi connectivity index (χ4n) is 1.21. The molecule has 0 amide bonds. The molecule has 1 rings (SSSR count). The standard InChI is InChI=1S/C10H10Cl2O3/c1-6-7(10(13)14)2-3-8(12)9(6)15-5-4-11/h2-3H,4-5H2,1H3,(H,13,14). The lowest BCUT2D eigenvalue weighted by Crippen LogP contribution is -2.05. The van der Waals surface area contributed by atoms with Crippen LogP contribution in [0.2, 0.25) is 5.02 Å². The van der Waals surface area contributed by atoms with E-state index in [2.05, 4.69) is 0 Å². The van der Waals surface area contributed by atoms with Crippen molar-refractivity contribution in [3.8, 4) is 5.75 Å². The molecule has 0 spiro atoms. The number of alkyl halides is 1. The van der Waals surface area contributed by atoms with Crippen LogP contribution in [0.15, 0.2) is 12.1 Å². The molecule has 0 aromatic heterocycles. The molecule has 1 aromatic carbocycles. The van der Waals surface area contributed by atoms with E-state index < -0.39 is 5.97 Å². The molecular weight excluding hydrogens is 239 g/mol. The van der Waals surface area contributed by atoms with Crippen molar-refractivity contribution in [2.24, 2.45) is 0 Å². The molecule has 82 valence electrons. The second kappa shape index (κ2) is 5.24. The molecule has 15 heavy (non-hydrogen) atoms.